The van der Waals surface area contributed by atoms with Crippen LogP contribution in [0.1, 0.15) is 35.4 Å². The summed E-state index contributed by atoms with van der Waals surface area (Å²) < 4.78 is 27.7. The monoisotopic (exact) mass is 434 g/mol. The van der Waals surface area contributed by atoms with Crippen LogP contribution in [-0.2, 0) is 14.8 Å². The number of amides is 2. The van der Waals surface area contributed by atoms with Crippen LogP contribution in [0.2, 0.25) is 0 Å². The van der Waals surface area contributed by atoms with Gasteiger partial charge in [-0.15, -0.1) is 0 Å². The van der Waals surface area contributed by atoms with E-state index in [2.05, 4.69) is 15.5 Å². The molecule has 1 aliphatic heterocycles. The van der Waals surface area contributed by atoms with E-state index in [0.717, 1.165) is 31.5 Å². The molecule has 0 aliphatic carbocycles. The number of hydrogen-bond acceptors (Lipinski definition) is 6. The van der Waals surface area contributed by atoms with E-state index >= 15 is 0 Å². The molecular formula is C20H26N4O5S. The van der Waals surface area contributed by atoms with Crippen LogP contribution in [0, 0.1) is 6.92 Å². The standard InChI is InChI=1S/C20H26N4O5S/c1-14-9-13-29-19(14)20(26)23-16-6-10-24(11-7-16)12-8-18(25)22-15-2-4-17(5-3-15)30(21,27)28/h2-5,9,13,16H,6-8,10-12H2,1H3,(H,22,25)(H,23,26)(H2,21,27,28). The summed E-state index contributed by atoms with van der Waals surface area (Å²) in [6.45, 7) is 4.02. The van der Waals surface area contributed by atoms with Crippen LogP contribution < -0.4 is 15.8 Å². The molecule has 0 unspecified atom stereocenters. The van der Waals surface area contributed by atoms with Gasteiger partial charge in [-0.3, -0.25) is 9.59 Å². The molecular weight excluding hydrogens is 408 g/mol. The lowest BCUT2D eigenvalue weighted by atomic mass is 10.0. The van der Waals surface area contributed by atoms with E-state index in [1.807, 2.05) is 6.92 Å². The van der Waals surface area contributed by atoms with Crippen LogP contribution in [0.5, 0.6) is 0 Å². The minimum Gasteiger partial charge on any atom is -0.459 e. The lowest BCUT2D eigenvalue weighted by Crippen LogP contribution is -2.45. The van der Waals surface area contributed by atoms with Crippen LogP contribution in [0.3, 0.4) is 0 Å². The molecule has 1 fully saturated rings. The number of nitrogens with zero attached hydrogens (tertiary/aromatic N) is 1. The first-order valence-electron chi connectivity index (χ1n) is 9.72. The van der Waals surface area contributed by atoms with Crippen molar-refractivity contribution in [1.29, 1.82) is 0 Å². The number of aryl methyl sites for hydroxylation is 1. The smallest absolute Gasteiger partial charge is 0.287 e. The molecule has 1 aliphatic rings. The van der Waals surface area contributed by atoms with Gasteiger partial charge in [-0.05, 0) is 50.1 Å². The van der Waals surface area contributed by atoms with Crippen LogP contribution in [-0.4, -0.2) is 50.8 Å². The molecule has 0 saturated carbocycles. The number of rotatable bonds is 7. The van der Waals surface area contributed by atoms with Crippen molar-refractivity contribution in [3.63, 3.8) is 0 Å². The van der Waals surface area contributed by atoms with Gasteiger partial charge in [0, 0.05) is 43.3 Å². The predicted octanol–water partition coefficient (Wildman–Crippen LogP) is 1.46. The maximum absolute atomic E-state index is 12.2. The van der Waals surface area contributed by atoms with Gasteiger partial charge in [-0.1, -0.05) is 0 Å². The third-order valence-electron chi connectivity index (χ3n) is 5.11. The fourth-order valence-corrected chi connectivity index (χ4v) is 3.88. The molecule has 1 aromatic heterocycles. The highest BCUT2D eigenvalue weighted by molar-refractivity contribution is 7.89. The lowest BCUT2D eigenvalue weighted by molar-refractivity contribution is -0.116. The zero-order valence-corrected chi connectivity index (χ0v) is 17.6. The molecule has 0 radical (unpaired) electrons. The Bertz CT molecular complexity index is 992. The van der Waals surface area contributed by atoms with Crippen LogP contribution >= 0.6 is 0 Å². The zero-order chi connectivity index (χ0) is 21.7. The van der Waals surface area contributed by atoms with Crippen LogP contribution in [0.25, 0.3) is 0 Å². The van der Waals surface area contributed by atoms with Gasteiger partial charge < -0.3 is 20.0 Å². The second kappa shape index (κ2) is 9.41. The Morgan fingerprint density at radius 2 is 1.83 bits per heavy atom. The molecule has 2 aromatic rings. The second-order valence-corrected chi connectivity index (χ2v) is 8.95. The van der Waals surface area contributed by atoms with Gasteiger partial charge in [0.2, 0.25) is 15.9 Å². The first kappa shape index (κ1) is 22.0. The topological polar surface area (TPSA) is 135 Å². The summed E-state index contributed by atoms with van der Waals surface area (Å²) in [7, 11) is -3.75. The number of benzene rings is 1. The van der Waals surface area contributed by atoms with Gasteiger partial charge >= 0.3 is 0 Å². The molecule has 0 atom stereocenters. The summed E-state index contributed by atoms with van der Waals surface area (Å²) in [5, 5.41) is 10.8. The Balaban J connectivity index is 1.38. The van der Waals surface area contributed by atoms with E-state index < -0.39 is 10.0 Å². The molecule has 4 N–H and O–H groups in total. The second-order valence-electron chi connectivity index (χ2n) is 7.39. The highest BCUT2D eigenvalue weighted by Gasteiger charge is 2.23. The van der Waals surface area contributed by atoms with E-state index in [9.17, 15) is 18.0 Å². The van der Waals surface area contributed by atoms with Crippen molar-refractivity contribution in [1.82, 2.24) is 10.2 Å². The molecule has 9 nitrogen and oxygen atoms in total. The summed E-state index contributed by atoms with van der Waals surface area (Å²) in [6.07, 6.45) is 3.44. The number of likely N-dealkylation sites (tertiary alicyclic amines) is 1. The summed E-state index contributed by atoms with van der Waals surface area (Å²) in [5.74, 6) is 0.0112. The SMILES string of the molecule is Cc1ccoc1C(=O)NC1CCN(CCC(=O)Nc2ccc(S(N)(=O)=O)cc2)CC1. The van der Waals surface area contributed by atoms with Gasteiger partial charge in [0.25, 0.3) is 5.91 Å². The number of piperidine rings is 1. The Morgan fingerprint density at radius 3 is 2.40 bits per heavy atom. The minimum atomic E-state index is -3.75. The number of nitrogens with one attached hydrogen (secondary N) is 2. The largest absolute Gasteiger partial charge is 0.459 e. The highest BCUT2D eigenvalue weighted by Crippen LogP contribution is 2.15. The molecule has 30 heavy (non-hydrogen) atoms. The average molecular weight is 435 g/mol. The summed E-state index contributed by atoms with van der Waals surface area (Å²) in [5.41, 5.74) is 1.33. The lowest BCUT2D eigenvalue weighted by Gasteiger charge is -2.32. The molecule has 3 rings (SSSR count). The molecule has 2 amide bonds. The molecule has 162 valence electrons. The molecule has 2 heterocycles. The van der Waals surface area contributed by atoms with Crippen molar-refractivity contribution in [3.8, 4) is 0 Å². The number of carbonyl (C=O) groups excluding carboxylic acids is 2. The number of anilines is 1. The third-order valence-corrected chi connectivity index (χ3v) is 6.04. The zero-order valence-electron chi connectivity index (χ0n) is 16.8. The first-order chi connectivity index (χ1) is 14.2. The van der Waals surface area contributed by atoms with Crippen LogP contribution in [0.4, 0.5) is 5.69 Å². The number of nitrogens with two attached hydrogens (primary N) is 1. The van der Waals surface area contributed by atoms with Crippen molar-refractivity contribution < 1.29 is 22.4 Å². The molecule has 10 heteroatoms. The predicted molar refractivity (Wildman–Crippen MR) is 111 cm³/mol. The fraction of sp³-hybridized carbons (Fsp3) is 0.400. The number of carbonyl (C=O) groups is 2. The number of furan rings is 1. The molecule has 1 aromatic carbocycles. The van der Waals surface area contributed by atoms with E-state index in [4.69, 9.17) is 9.56 Å². The first-order valence-corrected chi connectivity index (χ1v) is 11.3. The van der Waals surface area contributed by atoms with E-state index in [1.54, 1.807) is 6.07 Å². The Kier molecular flexibility index (Phi) is 6.91. The van der Waals surface area contributed by atoms with E-state index in [-0.39, 0.29) is 22.8 Å². The van der Waals surface area contributed by atoms with Crippen molar-refractivity contribution >= 4 is 27.5 Å². The quantitative estimate of drug-likeness (QED) is 0.604. The summed E-state index contributed by atoms with van der Waals surface area (Å²) in [6, 6.07) is 7.57. The van der Waals surface area contributed by atoms with Crippen LogP contribution in [0.15, 0.2) is 45.9 Å². The minimum absolute atomic E-state index is 0.00216. The highest BCUT2D eigenvalue weighted by atomic mass is 32.2. The third kappa shape index (κ3) is 5.91. The number of hydrogen-bond donors (Lipinski definition) is 3. The molecule has 1 saturated heterocycles. The average Bonchev–Trinajstić information content (AvgIpc) is 3.13. The normalized spacial score (nSPS) is 15.7. The van der Waals surface area contributed by atoms with Crippen molar-refractivity contribution in [3.05, 3.63) is 47.9 Å². The summed E-state index contributed by atoms with van der Waals surface area (Å²) >= 11 is 0. The summed E-state index contributed by atoms with van der Waals surface area (Å²) in [4.78, 5) is 26.6. The van der Waals surface area contributed by atoms with Gasteiger partial charge in [0.05, 0.1) is 11.2 Å². The van der Waals surface area contributed by atoms with Gasteiger partial charge in [-0.2, -0.15) is 0 Å². The van der Waals surface area contributed by atoms with Crippen molar-refractivity contribution in [2.24, 2.45) is 5.14 Å². The van der Waals surface area contributed by atoms with E-state index in [1.165, 1.54) is 30.5 Å². The maximum Gasteiger partial charge on any atom is 0.287 e. The van der Waals surface area contributed by atoms with E-state index in [0.29, 0.717) is 24.4 Å². The maximum atomic E-state index is 12.2. The number of primary sulfonamides is 1. The van der Waals surface area contributed by atoms with Crippen molar-refractivity contribution in [2.75, 3.05) is 25.0 Å². The molecule has 0 spiro atoms. The van der Waals surface area contributed by atoms with Gasteiger partial charge in [0.1, 0.15) is 0 Å². The Hall–Kier alpha value is -2.69. The van der Waals surface area contributed by atoms with Gasteiger partial charge in [0.15, 0.2) is 5.76 Å². The van der Waals surface area contributed by atoms with Crippen molar-refractivity contribution in [2.45, 2.75) is 37.1 Å². The molecule has 0 bridgehead atoms. The Morgan fingerprint density at radius 1 is 1.17 bits per heavy atom. The van der Waals surface area contributed by atoms with Gasteiger partial charge in [-0.25, -0.2) is 13.6 Å². The number of sulfonamides is 1. The fourth-order valence-electron chi connectivity index (χ4n) is 3.37. The Labute approximate surface area is 175 Å².